The van der Waals surface area contributed by atoms with Gasteiger partial charge in [-0.05, 0) is 83.3 Å². The minimum atomic E-state index is -5.21. The molecule has 2 heterocycles. The maximum Gasteiger partial charge on any atom is 0.380 e. The summed E-state index contributed by atoms with van der Waals surface area (Å²) in [7, 11) is -9.75. The van der Waals surface area contributed by atoms with E-state index < -0.39 is 45.6 Å². The van der Waals surface area contributed by atoms with Gasteiger partial charge in [0.05, 0.1) is 22.9 Å². The number of terminal acetylenes is 2. The lowest BCUT2D eigenvalue weighted by atomic mass is 10.0. The fourth-order valence-electron chi connectivity index (χ4n) is 6.10. The first-order valence-electron chi connectivity index (χ1n) is 20.2. The van der Waals surface area contributed by atoms with Crippen molar-refractivity contribution in [3.8, 4) is 70.1 Å². The van der Waals surface area contributed by atoms with Crippen molar-refractivity contribution >= 4 is 42.8 Å². The van der Waals surface area contributed by atoms with E-state index in [2.05, 4.69) is 51.9 Å². The van der Waals surface area contributed by atoms with E-state index in [9.17, 15) is 29.7 Å². The van der Waals surface area contributed by atoms with Crippen molar-refractivity contribution in [2.75, 3.05) is 20.1 Å². The predicted octanol–water partition coefficient (Wildman–Crippen LogP) is 11.3. The molecule has 0 N–H and O–H groups in total. The highest BCUT2D eigenvalue weighted by atomic mass is 32.3. The van der Waals surface area contributed by atoms with Gasteiger partial charge in [-0.15, -0.1) is 15.1 Å². The van der Waals surface area contributed by atoms with Crippen LogP contribution in [0.3, 0.4) is 0 Å². The standard InChI is InChI=1S/C25H18FNO6S.C16H14O.C10H7F2NO4S/c1-2-30-16-18-7-9-19(10-8-18)20-11-13-21(14-12-20)33-34(26,29)27-17-31-24-15-25(28)32-23-6-4-3-5-22(23)24;1-3-12-17-16-10-8-15(9-11-16)14-6-4-13(2)5-7-14;11-18(12,15)13-6-16-9-5-10(14)17-8-4-2-1-3-7(8)9/h1,3-15H,16-17H2;1,4-11H,12H2,2H3;1-5H,6H2. The molecule has 0 fully saturated rings. The van der Waals surface area contributed by atoms with Crippen LogP contribution in [0.4, 0.5) is 11.7 Å². The zero-order valence-corrected chi connectivity index (χ0v) is 38.0. The maximum absolute atomic E-state index is 14.4. The van der Waals surface area contributed by atoms with Crippen molar-refractivity contribution in [2.24, 2.45) is 8.73 Å². The van der Waals surface area contributed by atoms with Crippen LogP contribution in [0.15, 0.2) is 185 Å². The number of ether oxygens (including phenoxy) is 4. The molecule has 8 aromatic rings. The first kappa shape index (κ1) is 50.0. The molecule has 352 valence electrons. The summed E-state index contributed by atoms with van der Waals surface area (Å²) >= 11 is 0. The lowest BCUT2D eigenvalue weighted by Gasteiger charge is -2.08. The van der Waals surface area contributed by atoms with Crippen LogP contribution in [-0.2, 0) is 32.2 Å². The lowest BCUT2D eigenvalue weighted by molar-refractivity contribution is 0.265. The van der Waals surface area contributed by atoms with Gasteiger partial charge in [0.15, 0.2) is 13.5 Å². The summed E-state index contributed by atoms with van der Waals surface area (Å²) < 4.78 is 102. The van der Waals surface area contributed by atoms with Crippen molar-refractivity contribution < 1.29 is 52.0 Å². The Bertz CT molecular complexity index is 3470. The van der Waals surface area contributed by atoms with E-state index in [1.54, 1.807) is 54.6 Å². The molecule has 1 unspecified atom stereocenters. The third kappa shape index (κ3) is 15.6. The minimum absolute atomic E-state index is 0.0323. The van der Waals surface area contributed by atoms with Gasteiger partial charge in [-0.25, -0.2) is 9.59 Å². The topological polar surface area (TPSA) is 165 Å². The van der Waals surface area contributed by atoms with Gasteiger partial charge in [-0.1, -0.05) is 127 Å². The van der Waals surface area contributed by atoms with E-state index in [0.717, 1.165) is 34.6 Å². The molecule has 0 aliphatic heterocycles. The summed E-state index contributed by atoms with van der Waals surface area (Å²) in [5.74, 6) is 3.46. The molecule has 6 aromatic carbocycles. The Kier molecular flexibility index (Phi) is 17.3. The highest BCUT2D eigenvalue weighted by molar-refractivity contribution is 7.84. The number of rotatable bonds is 14. The second-order valence-electron chi connectivity index (χ2n) is 14.1. The third-order valence-electron chi connectivity index (χ3n) is 9.30. The summed E-state index contributed by atoms with van der Waals surface area (Å²) in [6.07, 6.45) is 12.3. The van der Waals surface area contributed by atoms with Crippen LogP contribution in [-0.4, -0.2) is 28.5 Å². The summed E-state index contributed by atoms with van der Waals surface area (Å²) in [4.78, 5) is 22.8. The van der Waals surface area contributed by atoms with E-state index >= 15 is 0 Å². The summed E-state index contributed by atoms with van der Waals surface area (Å²) in [5, 5.41) is 0.937. The number of aryl methyl sites for hydroxylation is 1. The largest absolute Gasteiger partial charge is 0.481 e. The van der Waals surface area contributed by atoms with Gasteiger partial charge in [-0.3, -0.25) is 0 Å². The molecule has 0 radical (unpaired) electrons. The molecule has 0 spiro atoms. The SMILES string of the molecule is C#CCOc1ccc(-c2ccc(C)cc2)cc1.C#COCc1ccc(-c2ccc(OS(=O)(F)=NCOc3cc(=O)oc4ccccc34)cc2)cc1.O=c1cc(OCN=S(=O)(F)F)c2ccccc2o1. The molecule has 18 heteroatoms. The number of para-hydroxylation sites is 2. The summed E-state index contributed by atoms with van der Waals surface area (Å²) in [6, 6.07) is 45.5. The third-order valence-corrected chi connectivity index (χ3v) is 10.5. The molecule has 0 saturated heterocycles. The van der Waals surface area contributed by atoms with Gasteiger partial charge in [0.2, 0.25) is 0 Å². The number of hydrogen-bond donors (Lipinski definition) is 0. The van der Waals surface area contributed by atoms with Crippen molar-refractivity contribution in [1.29, 1.82) is 0 Å². The molecule has 0 aliphatic carbocycles. The molecule has 0 bridgehead atoms. The Morgan fingerprint density at radius 3 is 1.51 bits per heavy atom. The molecule has 0 aliphatic rings. The van der Waals surface area contributed by atoms with Crippen LogP contribution in [0.25, 0.3) is 44.2 Å². The Morgan fingerprint density at radius 1 is 0.580 bits per heavy atom. The van der Waals surface area contributed by atoms with Crippen molar-refractivity contribution in [2.45, 2.75) is 13.5 Å². The van der Waals surface area contributed by atoms with Crippen LogP contribution < -0.4 is 29.6 Å². The zero-order chi connectivity index (χ0) is 49.2. The van der Waals surface area contributed by atoms with E-state index in [4.69, 9.17) is 44.8 Å². The summed E-state index contributed by atoms with van der Waals surface area (Å²) in [6.45, 7) is 1.27. The molecular formula is C51H39F3N2O11S2. The Labute approximate surface area is 395 Å². The zero-order valence-electron chi connectivity index (χ0n) is 36.3. The molecule has 2 aromatic heterocycles. The Hall–Kier alpha value is -8.45. The van der Waals surface area contributed by atoms with Gasteiger partial charge in [0.25, 0.3) is 0 Å². The van der Waals surface area contributed by atoms with Gasteiger partial charge in [0, 0.05) is 0 Å². The maximum atomic E-state index is 14.4. The minimum Gasteiger partial charge on any atom is -0.481 e. The van der Waals surface area contributed by atoms with Crippen LogP contribution >= 0.6 is 0 Å². The van der Waals surface area contributed by atoms with Crippen molar-refractivity contribution in [3.63, 3.8) is 0 Å². The fourth-order valence-corrected chi connectivity index (χ4v) is 6.85. The molecule has 13 nitrogen and oxygen atoms in total. The predicted molar refractivity (Wildman–Crippen MR) is 257 cm³/mol. The monoisotopic (exact) mass is 976 g/mol. The number of hydrogen-bond acceptors (Lipinski definition) is 13. The van der Waals surface area contributed by atoms with Gasteiger partial charge in [0.1, 0.15) is 53.5 Å². The number of halogens is 3. The Morgan fingerprint density at radius 2 is 1.03 bits per heavy atom. The highest BCUT2D eigenvalue weighted by Gasteiger charge is 2.12. The van der Waals surface area contributed by atoms with Gasteiger partial charge < -0.3 is 32.0 Å². The molecule has 1 atom stereocenters. The molecule has 8 rings (SSSR count). The van der Waals surface area contributed by atoms with Crippen molar-refractivity contribution in [1.82, 2.24) is 0 Å². The van der Waals surface area contributed by atoms with E-state index in [-0.39, 0.29) is 22.8 Å². The van der Waals surface area contributed by atoms with E-state index in [0.29, 0.717) is 29.6 Å². The van der Waals surface area contributed by atoms with Gasteiger partial charge in [-0.2, -0.15) is 8.42 Å². The quantitative estimate of drug-likeness (QED) is 0.0578. The Balaban J connectivity index is 0.000000188. The molecule has 0 amide bonds. The lowest BCUT2D eigenvalue weighted by Crippen LogP contribution is -2.07. The highest BCUT2D eigenvalue weighted by Crippen LogP contribution is 2.27. The smallest absolute Gasteiger partial charge is 0.380 e. The second-order valence-corrected chi connectivity index (χ2v) is 16.4. The second kappa shape index (κ2) is 23.8. The number of benzene rings is 6. The summed E-state index contributed by atoms with van der Waals surface area (Å²) in [5.41, 5.74) is 5.59. The number of nitrogens with zero attached hydrogens (tertiary/aromatic N) is 2. The van der Waals surface area contributed by atoms with E-state index in [1.165, 1.54) is 34.9 Å². The number of fused-ring (bicyclic) bond motifs is 2. The van der Waals surface area contributed by atoms with Gasteiger partial charge >= 0.3 is 32.1 Å². The molecule has 69 heavy (non-hydrogen) atoms. The van der Waals surface area contributed by atoms with Crippen LogP contribution in [0, 0.1) is 31.8 Å². The van der Waals surface area contributed by atoms with Crippen LogP contribution in [0.2, 0.25) is 0 Å². The molecule has 0 saturated carbocycles. The van der Waals surface area contributed by atoms with Crippen LogP contribution in [0.5, 0.6) is 23.0 Å². The first-order chi connectivity index (χ1) is 33.2. The fraction of sp³-hybridized carbons (Fsp3) is 0.0980. The van der Waals surface area contributed by atoms with Crippen LogP contribution in [0.1, 0.15) is 11.1 Å². The van der Waals surface area contributed by atoms with Crippen molar-refractivity contribution in [3.05, 3.63) is 190 Å². The first-order valence-corrected chi connectivity index (χ1v) is 22.9. The average molecular weight is 977 g/mol. The average Bonchev–Trinajstić information content (AvgIpc) is 3.33. The molecular weight excluding hydrogens is 938 g/mol. The normalized spacial score (nSPS) is 11.4. The van der Waals surface area contributed by atoms with E-state index in [1.807, 2.05) is 48.5 Å².